The fraction of sp³-hybridized carbons (Fsp3) is 0. The van der Waals surface area contributed by atoms with Gasteiger partial charge >= 0.3 is 0 Å². The minimum atomic E-state index is 0.111. The molecule has 2 rings (SSSR count). The molecule has 0 aliphatic rings. The van der Waals surface area contributed by atoms with Crippen LogP contribution in [-0.4, -0.2) is 9.94 Å². The van der Waals surface area contributed by atoms with Gasteiger partial charge in [-0.3, -0.25) is 0 Å². The van der Waals surface area contributed by atoms with Crippen LogP contribution in [0.25, 0.3) is 11.1 Å². The standard InChI is InChI=1S/C6H7N3O2/c7-4-3-1-2-11-6(3)9(10)5(4)8/h1-2,10H,7-8H2. The molecule has 0 saturated carbocycles. The highest BCUT2D eigenvalue weighted by Gasteiger charge is 2.13. The number of rotatable bonds is 0. The molecule has 0 fully saturated rings. The van der Waals surface area contributed by atoms with Crippen LogP contribution in [0.5, 0.6) is 0 Å². The summed E-state index contributed by atoms with van der Waals surface area (Å²) in [5.74, 6) is 0.111. The van der Waals surface area contributed by atoms with Crippen LogP contribution < -0.4 is 11.5 Å². The molecule has 0 saturated heterocycles. The van der Waals surface area contributed by atoms with Crippen molar-refractivity contribution in [3.8, 4) is 0 Å². The zero-order valence-corrected chi connectivity index (χ0v) is 5.61. The van der Waals surface area contributed by atoms with Crippen molar-refractivity contribution in [1.82, 2.24) is 4.73 Å². The quantitative estimate of drug-likeness (QED) is 0.484. The van der Waals surface area contributed by atoms with Crippen LogP contribution in [0.1, 0.15) is 0 Å². The van der Waals surface area contributed by atoms with Crippen molar-refractivity contribution >= 4 is 22.6 Å². The van der Waals surface area contributed by atoms with E-state index in [1.54, 1.807) is 6.07 Å². The fourth-order valence-electron chi connectivity index (χ4n) is 1.03. The normalized spacial score (nSPS) is 10.9. The molecule has 58 valence electrons. The summed E-state index contributed by atoms with van der Waals surface area (Å²) in [5, 5.41) is 9.82. The molecule has 0 bridgehead atoms. The van der Waals surface area contributed by atoms with E-state index in [2.05, 4.69) is 0 Å². The molecule has 5 nitrogen and oxygen atoms in total. The summed E-state index contributed by atoms with van der Waals surface area (Å²) < 4.78 is 5.63. The summed E-state index contributed by atoms with van der Waals surface area (Å²) in [6.45, 7) is 0. The molecule has 5 heteroatoms. The lowest BCUT2D eigenvalue weighted by Crippen LogP contribution is -1.99. The maximum Gasteiger partial charge on any atom is 0.244 e. The first-order valence-electron chi connectivity index (χ1n) is 3.04. The summed E-state index contributed by atoms with van der Waals surface area (Å²) in [6.07, 6.45) is 1.44. The number of hydrogen-bond acceptors (Lipinski definition) is 4. The van der Waals surface area contributed by atoms with Gasteiger partial charge in [-0.05, 0) is 6.07 Å². The Morgan fingerprint density at radius 1 is 1.45 bits per heavy atom. The summed E-state index contributed by atoms with van der Waals surface area (Å²) in [4.78, 5) is 0. The Morgan fingerprint density at radius 2 is 2.18 bits per heavy atom. The van der Waals surface area contributed by atoms with Crippen molar-refractivity contribution in [3.63, 3.8) is 0 Å². The number of anilines is 2. The molecule has 2 aromatic rings. The Kier molecular flexibility index (Phi) is 0.883. The largest absolute Gasteiger partial charge is 0.445 e. The lowest BCUT2D eigenvalue weighted by molar-refractivity contribution is 0.194. The van der Waals surface area contributed by atoms with E-state index < -0.39 is 0 Å². The minimum Gasteiger partial charge on any atom is -0.445 e. The summed E-state index contributed by atoms with van der Waals surface area (Å²) in [6, 6.07) is 1.65. The lowest BCUT2D eigenvalue weighted by Gasteiger charge is -1.93. The fourth-order valence-corrected chi connectivity index (χ4v) is 1.03. The van der Waals surface area contributed by atoms with E-state index in [4.69, 9.17) is 15.9 Å². The number of hydrogen-bond donors (Lipinski definition) is 3. The number of fused-ring (bicyclic) bond motifs is 1. The summed E-state index contributed by atoms with van der Waals surface area (Å²) in [7, 11) is 0. The molecule has 2 heterocycles. The molecular weight excluding hydrogens is 146 g/mol. The number of aromatic nitrogens is 1. The van der Waals surface area contributed by atoms with Crippen LogP contribution in [-0.2, 0) is 0 Å². The number of nitrogens with two attached hydrogens (primary N) is 2. The molecule has 0 amide bonds. The second-order valence-corrected chi connectivity index (χ2v) is 2.25. The topological polar surface area (TPSA) is 90.3 Å². The first-order valence-corrected chi connectivity index (χ1v) is 3.04. The van der Waals surface area contributed by atoms with Gasteiger partial charge in [0.05, 0.1) is 17.3 Å². The SMILES string of the molecule is Nc1c(N)n(O)c2occc12. The van der Waals surface area contributed by atoms with E-state index in [0.29, 0.717) is 11.1 Å². The Bertz CT molecular complexity index is 367. The molecule has 5 N–H and O–H groups in total. The smallest absolute Gasteiger partial charge is 0.244 e. The van der Waals surface area contributed by atoms with Crippen molar-refractivity contribution in [2.45, 2.75) is 0 Å². The molecule has 0 unspecified atom stereocenters. The van der Waals surface area contributed by atoms with E-state index >= 15 is 0 Å². The summed E-state index contributed by atoms with van der Waals surface area (Å²) >= 11 is 0. The zero-order valence-electron chi connectivity index (χ0n) is 5.61. The van der Waals surface area contributed by atoms with E-state index in [0.717, 1.165) is 4.73 Å². The highest BCUT2D eigenvalue weighted by molar-refractivity contribution is 5.95. The number of nitrogens with zero attached hydrogens (tertiary/aromatic N) is 1. The molecule has 0 spiro atoms. The van der Waals surface area contributed by atoms with Gasteiger partial charge in [-0.1, -0.05) is 0 Å². The predicted molar refractivity (Wildman–Crippen MR) is 40.2 cm³/mol. The van der Waals surface area contributed by atoms with Crippen LogP contribution in [0, 0.1) is 0 Å². The maximum absolute atomic E-state index is 9.19. The zero-order chi connectivity index (χ0) is 8.01. The molecule has 2 aromatic heterocycles. The van der Waals surface area contributed by atoms with Gasteiger partial charge in [0.15, 0.2) is 5.82 Å². The van der Waals surface area contributed by atoms with Gasteiger partial charge < -0.3 is 21.1 Å². The highest BCUT2D eigenvalue weighted by Crippen LogP contribution is 2.29. The second-order valence-electron chi connectivity index (χ2n) is 2.25. The van der Waals surface area contributed by atoms with Crippen LogP contribution in [0.15, 0.2) is 16.7 Å². The maximum atomic E-state index is 9.19. The Labute approximate surface area is 61.8 Å². The molecule has 11 heavy (non-hydrogen) atoms. The third-order valence-electron chi connectivity index (χ3n) is 1.63. The Morgan fingerprint density at radius 3 is 2.82 bits per heavy atom. The van der Waals surface area contributed by atoms with E-state index in [1.807, 2.05) is 0 Å². The van der Waals surface area contributed by atoms with Crippen molar-refractivity contribution < 1.29 is 9.62 Å². The molecule has 0 aliphatic heterocycles. The van der Waals surface area contributed by atoms with Gasteiger partial charge in [-0.2, -0.15) is 0 Å². The van der Waals surface area contributed by atoms with Crippen LogP contribution in [0.3, 0.4) is 0 Å². The van der Waals surface area contributed by atoms with E-state index in [1.165, 1.54) is 6.26 Å². The Hall–Kier alpha value is -1.78. The van der Waals surface area contributed by atoms with Gasteiger partial charge in [0.1, 0.15) is 0 Å². The molecule has 0 aliphatic carbocycles. The van der Waals surface area contributed by atoms with Gasteiger partial charge in [0.25, 0.3) is 0 Å². The second kappa shape index (κ2) is 1.63. The van der Waals surface area contributed by atoms with Crippen molar-refractivity contribution in [2.24, 2.45) is 0 Å². The first kappa shape index (κ1) is 5.96. The third kappa shape index (κ3) is 0.542. The molecule has 0 aromatic carbocycles. The average molecular weight is 153 g/mol. The van der Waals surface area contributed by atoms with Gasteiger partial charge in [0, 0.05) is 0 Å². The lowest BCUT2D eigenvalue weighted by atomic mass is 10.3. The Balaban J connectivity index is 3.00. The summed E-state index contributed by atoms with van der Waals surface area (Å²) in [5.41, 5.74) is 11.5. The van der Waals surface area contributed by atoms with Crippen LogP contribution in [0.2, 0.25) is 0 Å². The minimum absolute atomic E-state index is 0.111. The van der Waals surface area contributed by atoms with Crippen molar-refractivity contribution in [1.29, 1.82) is 0 Å². The number of furan rings is 1. The van der Waals surface area contributed by atoms with Gasteiger partial charge in [-0.25, -0.2) is 0 Å². The van der Waals surface area contributed by atoms with Crippen molar-refractivity contribution in [2.75, 3.05) is 11.5 Å². The highest BCUT2D eigenvalue weighted by atomic mass is 16.5. The van der Waals surface area contributed by atoms with E-state index in [-0.39, 0.29) is 11.5 Å². The van der Waals surface area contributed by atoms with Crippen LogP contribution >= 0.6 is 0 Å². The molecule has 0 radical (unpaired) electrons. The van der Waals surface area contributed by atoms with Gasteiger partial charge in [0.2, 0.25) is 5.71 Å². The van der Waals surface area contributed by atoms with Gasteiger partial charge in [-0.15, -0.1) is 4.73 Å². The molecule has 0 atom stereocenters. The predicted octanol–water partition coefficient (Wildman–Crippen LogP) is 0.636. The van der Waals surface area contributed by atoms with Crippen LogP contribution in [0.4, 0.5) is 11.5 Å². The first-order chi connectivity index (χ1) is 5.22. The molecular formula is C6H7N3O2. The average Bonchev–Trinajstić information content (AvgIpc) is 2.53. The van der Waals surface area contributed by atoms with Crippen molar-refractivity contribution in [3.05, 3.63) is 12.3 Å². The number of nitrogen functional groups attached to an aromatic ring is 2. The third-order valence-corrected chi connectivity index (χ3v) is 1.63. The van der Waals surface area contributed by atoms with E-state index in [9.17, 15) is 5.21 Å². The monoisotopic (exact) mass is 153 g/mol.